The van der Waals surface area contributed by atoms with Crippen molar-refractivity contribution < 1.29 is 13.9 Å². The van der Waals surface area contributed by atoms with E-state index in [4.69, 9.17) is 18.8 Å². The predicted octanol–water partition coefficient (Wildman–Crippen LogP) is 14.8. The normalized spacial score (nSPS) is 14.5. The van der Waals surface area contributed by atoms with Crippen LogP contribution in [0.4, 0.5) is 0 Å². The van der Waals surface area contributed by atoms with Crippen LogP contribution in [0, 0.1) is 0 Å². The quantitative estimate of drug-likeness (QED) is 0.181. The van der Waals surface area contributed by atoms with Crippen molar-refractivity contribution in [2.75, 3.05) is 0 Å². The van der Waals surface area contributed by atoms with E-state index < -0.39 is 0 Å². The number of phenolic OH excluding ortho intramolecular Hbond substituents is 1. The van der Waals surface area contributed by atoms with Gasteiger partial charge in [-0.1, -0.05) is 128 Å². The molecule has 0 amide bonds. The Balaban J connectivity index is 1.26. The SMILES string of the molecule is CC(C)(C)c1cc(-c2nc3c(-c4cc(-c5cc(C6CCCCC6)ccn5)cc5c4oc4c6ccccc6c6ccccc6c54)cccc3o2)c(O)c(C(C)(C)C)c1. The number of fused-ring (bicyclic) bond motifs is 9. The van der Waals surface area contributed by atoms with Gasteiger partial charge in [0.25, 0.3) is 0 Å². The van der Waals surface area contributed by atoms with Crippen LogP contribution in [-0.2, 0) is 10.8 Å². The van der Waals surface area contributed by atoms with Crippen LogP contribution >= 0.6 is 0 Å². The summed E-state index contributed by atoms with van der Waals surface area (Å²) in [4.78, 5) is 10.2. The molecule has 0 saturated heterocycles. The number of rotatable bonds is 4. The first-order valence-electron chi connectivity index (χ1n) is 20.5. The Labute approximate surface area is 333 Å². The molecule has 0 radical (unpaired) electrons. The lowest BCUT2D eigenvalue weighted by Gasteiger charge is -2.27. The number of benzene rings is 6. The lowest BCUT2D eigenvalue weighted by atomic mass is 9.79. The molecule has 1 N–H and O–H groups in total. The van der Waals surface area contributed by atoms with Gasteiger partial charge in [0.2, 0.25) is 5.89 Å². The second-order valence-electron chi connectivity index (χ2n) is 18.2. The molecule has 0 unspecified atom stereocenters. The van der Waals surface area contributed by atoms with E-state index in [-0.39, 0.29) is 16.6 Å². The highest BCUT2D eigenvalue weighted by Crippen LogP contribution is 2.48. The van der Waals surface area contributed by atoms with Crippen molar-refractivity contribution in [2.24, 2.45) is 0 Å². The number of pyridine rings is 1. The van der Waals surface area contributed by atoms with E-state index in [9.17, 15) is 5.11 Å². The van der Waals surface area contributed by atoms with Crippen LogP contribution in [0.1, 0.15) is 96.3 Å². The summed E-state index contributed by atoms with van der Waals surface area (Å²) in [6.07, 6.45) is 8.30. The Bertz CT molecular complexity index is 3040. The van der Waals surface area contributed by atoms with Crippen molar-refractivity contribution >= 4 is 54.6 Å². The topological polar surface area (TPSA) is 72.3 Å². The first-order chi connectivity index (χ1) is 27.4. The zero-order valence-electron chi connectivity index (χ0n) is 33.7. The van der Waals surface area contributed by atoms with Crippen molar-refractivity contribution in [1.29, 1.82) is 0 Å². The van der Waals surface area contributed by atoms with Gasteiger partial charge >= 0.3 is 0 Å². The fraction of sp³-hybridized carbons (Fsp3) is 0.269. The molecule has 0 atom stereocenters. The van der Waals surface area contributed by atoms with Crippen LogP contribution in [0.25, 0.3) is 88.4 Å². The summed E-state index contributed by atoms with van der Waals surface area (Å²) in [6.45, 7) is 13.0. The molecule has 0 spiro atoms. The minimum atomic E-state index is -0.290. The first-order valence-corrected chi connectivity index (χ1v) is 20.5. The summed E-state index contributed by atoms with van der Waals surface area (Å²) >= 11 is 0. The zero-order chi connectivity index (χ0) is 39.2. The maximum Gasteiger partial charge on any atom is 0.231 e. The summed E-state index contributed by atoms with van der Waals surface area (Å²) < 4.78 is 13.7. The third kappa shape index (κ3) is 5.89. The van der Waals surface area contributed by atoms with E-state index in [0.717, 1.165) is 66.2 Å². The predicted molar refractivity (Wildman–Crippen MR) is 235 cm³/mol. The molecule has 9 aromatic rings. The molecule has 3 aromatic heterocycles. The molecule has 1 saturated carbocycles. The van der Waals surface area contributed by atoms with E-state index in [1.54, 1.807) is 0 Å². The van der Waals surface area contributed by atoms with Crippen molar-refractivity contribution in [2.45, 2.75) is 90.4 Å². The van der Waals surface area contributed by atoms with E-state index >= 15 is 0 Å². The third-order valence-electron chi connectivity index (χ3n) is 12.3. The average molecular weight is 749 g/mol. The van der Waals surface area contributed by atoms with Crippen LogP contribution in [0.15, 0.2) is 118 Å². The summed E-state index contributed by atoms with van der Waals surface area (Å²) in [5, 5.41) is 18.6. The minimum Gasteiger partial charge on any atom is -0.507 e. The Kier molecular flexibility index (Phi) is 8.13. The summed E-state index contributed by atoms with van der Waals surface area (Å²) in [6, 6.07) is 36.4. The van der Waals surface area contributed by atoms with E-state index in [1.165, 1.54) is 48.4 Å². The molecule has 10 rings (SSSR count). The Morgan fingerprint density at radius 2 is 1.33 bits per heavy atom. The number of oxazole rings is 1. The summed E-state index contributed by atoms with van der Waals surface area (Å²) in [5.74, 6) is 1.15. The standard InChI is InChI=1S/C52H48N2O3/c1-51(2,3)33-28-41(47(55)42(29-33)52(4,5)6)50-54-46-37(21-14-22-44(46)56-50)39-25-32(43-27-31(23-24-53-43)30-15-8-7-9-16-30)26-40-45-36-19-12-10-17-34(36)35-18-11-13-20-38(35)49(45)57-48(39)40/h10-14,17-30,55H,7-9,15-16H2,1-6H3. The molecule has 1 aliphatic carbocycles. The van der Waals surface area contributed by atoms with Crippen molar-refractivity contribution in [3.05, 3.63) is 126 Å². The van der Waals surface area contributed by atoms with Gasteiger partial charge in [-0.2, -0.15) is 0 Å². The number of furan rings is 1. The van der Waals surface area contributed by atoms with Gasteiger partial charge in [0.15, 0.2) is 5.58 Å². The van der Waals surface area contributed by atoms with Crippen molar-refractivity contribution in [1.82, 2.24) is 9.97 Å². The molecule has 57 heavy (non-hydrogen) atoms. The monoisotopic (exact) mass is 748 g/mol. The van der Waals surface area contributed by atoms with E-state index in [1.807, 2.05) is 24.4 Å². The zero-order valence-corrected chi connectivity index (χ0v) is 33.7. The number of hydrogen-bond donors (Lipinski definition) is 1. The Morgan fingerprint density at radius 1 is 0.614 bits per heavy atom. The highest BCUT2D eigenvalue weighted by atomic mass is 16.4. The van der Waals surface area contributed by atoms with Gasteiger partial charge in [0.1, 0.15) is 22.4 Å². The Hall–Kier alpha value is -5.94. The number of phenols is 1. The van der Waals surface area contributed by atoms with Crippen LogP contribution in [0.2, 0.25) is 0 Å². The fourth-order valence-electron chi connectivity index (χ4n) is 9.23. The van der Waals surface area contributed by atoms with Gasteiger partial charge in [0, 0.05) is 44.6 Å². The molecule has 1 fully saturated rings. The largest absolute Gasteiger partial charge is 0.507 e. The Morgan fingerprint density at radius 3 is 2.07 bits per heavy atom. The lowest BCUT2D eigenvalue weighted by Crippen LogP contribution is -2.17. The lowest BCUT2D eigenvalue weighted by molar-refractivity contribution is 0.443. The molecular formula is C52H48N2O3. The molecule has 284 valence electrons. The van der Waals surface area contributed by atoms with Gasteiger partial charge in [-0.3, -0.25) is 4.98 Å². The number of para-hydroxylation sites is 1. The van der Waals surface area contributed by atoms with Crippen LogP contribution in [-0.4, -0.2) is 15.1 Å². The molecule has 0 aliphatic heterocycles. The molecule has 6 aromatic carbocycles. The highest BCUT2D eigenvalue weighted by molar-refractivity contribution is 6.31. The molecule has 5 nitrogen and oxygen atoms in total. The highest BCUT2D eigenvalue weighted by Gasteiger charge is 2.28. The van der Waals surface area contributed by atoms with Crippen LogP contribution in [0.3, 0.4) is 0 Å². The van der Waals surface area contributed by atoms with E-state index in [0.29, 0.717) is 28.5 Å². The maximum absolute atomic E-state index is 11.8. The average Bonchev–Trinajstić information content (AvgIpc) is 3.83. The van der Waals surface area contributed by atoms with Gasteiger partial charge in [-0.15, -0.1) is 0 Å². The summed E-state index contributed by atoms with van der Waals surface area (Å²) in [5.41, 5.74) is 10.3. The van der Waals surface area contributed by atoms with Crippen LogP contribution < -0.4 is 0 Å². The first kappa shape index (κ1) is 35.5. The van der Waals surface area contributed by atoms with Crippen molar-refractivity contribution in [3.8, 4) is 39.6 Å². The molecule has 0 bridgehead atoms. The number of hydrogen-bond acceptors (Lipinski definition) is 5. The van der Waals surface area contributed by atoms with Gasteiger partial charge < -0.3 is 13.9 Å². The number of aromatic nitrogens is 2. The fourth-order valence-corrected chi connectivity index (χ4v) is 9.23. The number of aromatic hydroxyl groups is 1. The second kappa shape index (κ2) is 13.1. The molecule has 1 aliphatic rings. The molecular weight excluding hydrogens is 701 g/mol. The van der Waals surface area contributed by atoms with Gasteiger partial charge in [0.05, 0.1) is 11.3 Å². The molecule has 3 heterocycles. The summed E-state index contributed by atoms with van der Waals surface area (Å²) in [7, 11) is 0. The number of nitrogens with zero attached hydrogens (tertiary/aromatic N) is 2. The maximum atomic E-state index is 11.8. The van der Waals surface area contributed by atoms with Gasteiger partial charge in [-0.05, 0) is 93.3 Å². The van der Waals surface area contributed by atoms with Gasteiger partial charge in [-0.25, -0.2) is 4.98 Å². The third-order valence-corrected chi connectivity index (χ3v) is 12.3. The molecule has 5 heteroatoms. The smallest absolute Gasteiger partial charge is 0.231 e. The van der Waals surface area contributed by atoms with Crippen molar-refractivity contribution in [3.63, 3.8) is 0 Å². The second-order valence-corrected chi connectivity index (χ2v) is 18.2. The minimum absolute atomic E-state index is 0.149. The van der Waals surface area contributed by atoms with Crippen LogP contribution in [0.5, 0.6) is 5.75 Å². The van der Waals surface area contributed by atoms with E-state index in [2.05, 4.69) is 126 Å².